The van der Waals surface area contributed by atoms with Gasteiger partial charge in [0.2, 0.25) is 0 Å². The molecule has 0 spiro atoms. The van der Waals surface area contributed by atoms with E-state index in [1.807, 2.05) is 48.5 Å². The summed E-state index contributed by atoms with van der Waals surface area (Å²) >= 11 is 6.17. The molecule has 0 radical (unpaired) electrons. The average molecular weight is 272 g/mol. The lowest BCUT2D eigenvalue weighted by molar-refractivity contribution is 0.599. The van der Waals surface area contributed by atoms with Crippen molar-refractivity contribution in [2.45, 2.75) is 12.5 Å². The molecule has 0 saturated heterocycles. The van der Waals surface area contributed by atoms with Crippen molar-refractivity contribution in [2.75, 3.05) is 0 Å². The van der Waals surface area contributed by atoms with Crippen LogP contribution in [0.1, 0.15) is 17.2 Å². The maximum absolute atomic E-state index is 6.29. The quantitative estimate of drug-likeness (QED) is 0.770. The highest BCUT2D eigenvalue weighted by atomic mass is 35.5. The van der Waals surface area contributed by atoms with E-state index in [0.29, 0.717) is 6.42 Å². The Hall–Kier alpha value is -1.77. The molecule has 1 unspecified atom stereocenters. The Kier molecular flexibility index (Phi) is 3.28. The summed E-state index contributed by atoms with van der Waals surface area (Å²) in [7, 11) is 0. The normalized spacial score (nSPS) is 12.7. The summed E-state index contributed by atoms with van der Waals surface area (Å²) < 4.78 is 5.53. The molecule has 2 aromatic carbocycles. The number of hydrogen-bond acceptors (Lipinski definition) is 2. The molecule has 3 aromatic rings. The Morgan fingerprint density at radius 3 is 2.63 bits per heavy atom. The topological polar surface area (TPSA) is 39.2 Å². The second-order valence-corrected chi connectivity index (χ2v) is 5.00. The lowest BCUT2D eigenvalue weighted by atomic mass is 9.99. The van der Waals surface area contributed by atoms with Crippen LogP contribution in [0, 0.1) is 0 Å². The minimum Gasteiger partial charge on any atom is -0.464 e. The fourth-order valence-electron chi connectivity index (χ4n) is 2.30. The number of benzene rings is 2. The summed E-state index contributed by atoms with van der Waals surface area (Å²) in [5, 5.41) is 1.83. The average Bonchev–Trinajstić information content (AvgIpc) is 2.85. The number of rotatable bonds is 3. The second-order valence-electron chi connectivity index (χ2n) is 4.59. The van der Waals surface area contributed by atoms with Crippen molar-refractivity contribution in [3.05, 3.63) is 70.9 Å². The number of nitrogens with two attached hydrogens (primary N) is 1. The first-order valence-corrected chi connectivity index (χ1v) is 6.58. The van der Waals surface area contributed by atoms with Gasteiger partial charge in [-0.15, -0.1) is 0 Å². The van der Waals surface area contributed by atoms with Gasteiger partial charge in [-0.05, 0) is 24.1 Å². The molecule has 1 atom stereocenters. The number of fused-ring (bicyclic) bond motifs is 1. The minimum absolute atomic E-state index is 0.122. The molecule has 3 rings (SSSR count). The first-order valence-electron chi connectivity index (χ1n) is 6.21. The molecule has 1 aromatic heterocycles. The van der Waals surface area contributed by atoms with Gasteiger partial charge in [-0.1, -0.05) is 48.0 Å². The van der Waals surface area contributed by atoms with Crippen molar-refractivity contribution in [2.24, 2.45) is 5.73 Å². The Morgan fingerprint density at radius 2 is 1.79 bits per heavy atom. The van der Waals surface area contributed by atoms with E-state index in [2.05, 4.69) is 0 Å². The van der Waals surface area contributed by atoms with E-state index >= 15 is 0 Å². The maximum atomic E-state index is 6.29. The first-order chi connectivity index (χ1) is 9.25. The molecule has 0 fully saturated rings. The lowest BCUT2D eigenvalue weighted by Gasteiger charge is -2.11. The van der Waals surface area contributed by atoms with E-state index in [1.165, 1.54) is 0 Å². The predicted octanol–water partition coefficient (Wildman–Crippen LogP) is 4.33. The molecule has 2 N–H and O–H groups in total. The molecule has 0 aliphatic rings. The Labute approximate surface area is 116 Å². The zero-order valence-electron chi connectivity index (χ0n) is 10.3. The third kappa shape index (κ3) is 2.37. The molecule has 19 heavy (non-hydrogen) atoms. The van der Waals surface area contributed by atoms with Crippen LogP contribution in [0.3, 0.4) is 0 Å². The number of para-hydroxylation sites is 1. The highest BCUT2D eigenvalue weighted by Gasteiger charge is 2.14. The van der Waals surface area contributed by atoms with E-state index in [9.17, 15) is 0 Å². The molecule has 0 bridgehead atoms. The van der Waals surface area contributed by atoms with Crippen LogP contribution in [0.15, 0.2) is 59.2 Å². The zero-order valence-corrected chi connectivity index (χ0v) is 11.1. The fourth-order valence-corrected chi connectivity index (χ4v) is 2.51. The smallest absolute Gasteiger partial charge is 0.134 e. The molecule has 0 saturated carbocycles. The van der Waals surface area contributed by atoms with Crippen LogP contribution in [0.2, 0.25) is 5.02 Å². The van der Waals surface area contributed by atoms with Crippen LogP contribution in [0.5, 0.6) is 0 Å². The standard InChI is InChI=1S/C16H14ClNO/c17-14-7-3-1-5-11(14)9-15(18)13-10-19-16-8-4-2-6-12(13)16/h1-8,10,15H,9,18H2. The van der Waals surface area contributed by atoms with Crippen molar-refractivity contribution in [3.63, 3.8) is 0 Å². The fraction of sp³-hybridized carbons (Fsp3) is 0.125. The Balaban J connectivity index is 1.92. The molecule has 96 valence electrons. The highest BCUT2D eigenvalue weighted by molar-refractivity contribution is 6.31. The van der Waals surface area contributed by atoms with Crippen LogP contribution in [-0.4, -0.2) is 0 Å². The SMILES string of the molecule is NC(Cc1ccccc1Cl)c1coc2ccccc12. The molecular weight excluding hydrogens is 258 g/mol. The van der Waals surface area contributed by atoms with Gasteiger partial charge in [0.1, 0.15) is 5.58 Å². The van der Waals surface area contributed by atoms with Gasteiger partial charge >= 0.3 is 0 Å². The van der Waals surface area contributed by atoms with Crippen LogP contribution < -0.4 is 5.73 Å². The van der Waals surface area contributed by atoms with E-state index in [-0.39, 0.29) is 6.04 Å². The van der Waals surface area contributed by atoms with Gasteiger partial charge in [0.15, 0.2) is 0 Å². The van der Waals surface area contributed by atoms with Crippen LogP contribution >= 0.6 is 11.6 Å². The summed E-state index contributed by atoms with van der Waals surface area (Å²) in [6.45, 7) is 0. The molecule has 2 nitrogen and oxygen atoms in total. The molecule has 0 aliphatic carbocycles. The molecular formula is C16H14ClNO. The number of halogens is 1. The van der Waals surface area contributed by atoms with E-state index in [4.69, 9.17) is 21.8 Å². The van der Waals surface area contributed by atoms with Gasteiger partial charge in [-0.2, -0.15) is 0 Å². The minimum atomic E-state index is -0.122. The van der Waals surface area contributed by atoms with E-state index in [0.717, 1.165) is 27.1 Å². The highest BCUT2D eigenvalue weighted by Crippen LogP contribution is 2.28. The van der Waals surface area contributed by atoms with Gasteiger partial charge in [-0.3, -0.25) is 0 Å². The van der Waals surface area contributed by atoms with Crippen LogP contribution in [0.25, 0.3) is 11.0 Å². The van der Waals surface area contributed by atoms with Gasteiger partial charge in [0.05, 0.1) is 6.26 Å². The Bertz CT molecular complexity index is 705. The summed E-state index contributed by atoms with van der Waals surface area (Å²) in [5.74, 6) is 0. The van der Waals surface area contributed by atoms with Gasteiger partial charge in [-0.25, -0.2) is 0 Å². The third-order valence-corrected chi connectivity index (χ3v) is 3.68. The lowest BCUT2D eigenvalue weighted by Crippen LogP contribution is -2.13. The van der Waals surface area contributed by atoms with Crippen molar-refractivity contribution < 1.29 is 4.42 Å². The second kappa shape index (κ2) is 5.08. The maximum Gasteiger partial charge on any atom is 0.134 e. The van der Waals surface area contributed by atoms with Crippen molar-refractivity contribution >= 4 is 22.6 Å². The van der Waals surface area contributed by atoms with Gasteiger partial charge in [0, 0.05) is 22.0 Å². The van der Waals surface area contributed by atoms with Crippen molar-refractivity contribution in [1.29, 1.82) is 0 Å². The number of hydrogen-bond donors (Lipinski definition) is 1. The molecule has 0 aliphatic heterocycles. The first kappa shape index (κ1) is 12.3. The third-order valence-electron chi connectivity index (χ3n) is 3.31. The predicted molar refractivity (Wildman–Crippen MR) is 78.3 cm³/mol. The summed E-state index contributed by atoms with van der Waals surface area (Å²) in [6.07, 6.45) is 2.44. The number of furan rings is 1. The largest absolute Gasteiger partial charge is 0.464 e. The molecule has 1 heterocycles. The zero-order chi connectivity index (χ0) is 13.2. The van der Waals surface area contributed by atoms with Crippen molar-refractivity contribution in [1.82, 2.24) is 0 Å². The van der Waals surface area contributed by atoms with E-state index in [1.54, 1.807) is 6.26 Å². The summed E-state index contributed by atoms with van der Waals surface area (Å²) in [5.41, 5.74) is 9.24. The van der Waals surface area contributed by atoms with Gasteiger partial charge < -0.3 is 10.2 Å². The van der Waals surface area contributed by atoms with Crippen LogP contribution in [-0.2, 0) is 6.42 Å². The van der Waals surface area contributed by atoms with E-state index < -0.39 is 0 Å². The molecule has 0 amide bonds. The summed E-state index contributed by atoms with van der Waals surface area (Å²) in [6, 6.07) is 15.6. The van der Waals surface area contributed by atoms with Crippen molar-refractivity contribution in [3.8, 4) is 0 Å². The van der Waals surface area contributed by atoms with Gasteiger partial charge in [0.25, 0.3) is 0 Å². The monoisotopic (exact) mass is 271 g/mol. The molecule has 3 heteroatoms. The van der Waals surface area contributed by atoms with Crippen LogP contribution in [0.4, 0.5) is 0 Å². The Morgan fingerprint density at radius 1 is 1.05 bits per heavy atom. The summed E-state index contributed by atoms with van der Waals surface area (Å²) in [4.78, 5) is 0.